The Kier molecular flexibility index (Phi) is 2.73. The lowest BCUT2D eigenvalue weighted by atomic mass is 10.1. The lowest BCUT2D eigenvalue weighted by Gasteiger charge is -2.10. The van der Waals surface area contributed by atoms with Crippen molar-refractivity contribution < 1.29 is 13.6 Å². The van der Waals surface area contributed by atoms with E-state index in [0.29, 0.717) is 5.56 Å². The summed E-state index contributed by atoms with van der Waals surface area (Å²) in [6.07, 6.45) is -2.18. The van der Waals surface area contributed by atoms with E-state index in [4.69, 9.17) is 0 Å². The fraction of sp³-hybridized carbons (Fsp3) is 0.300. The Morgan fingerprint density at radius 1 is 1.40 bits per heavy atom. The maximum absolute atomic E-state index is 12.4. The summed E-state index contributed by atoms with van der Waals surface area (Å²) < 4.78 is 24.8. The molecule has 0 aromatic heterocycles. The second-order valence-electron chi connectivity index (χ2n) is 3.38. The maximum atomic E-state index is 12.4. The Bertz CT molecular complexity index is 408. The largest absolute Gasteiger partial charge is 0.326 e. The van der Waals surface area contributed by atoms with Gasteiger partial charge in [0.25, 0.3) is 6.43 Å². The van der Waals surface area contributed by atoms with Crippen LogP contribution in [0.1, 0.15) is 16.0 Å². The number of carbonyl (C=O) groups is 1. The molecule has 0 radical (unpaired) electrons. The molecule has 80 valence electrons. The van der Waals surface area contributed by atoms with Crippen LogP contribution >= 0.6 is 15.9 Å². The van der Waals surface area contributed by atoms with Gasteiger partial charge < -0.3 is 5.32 Å². The molecule has 0 spiro atoms. The second-order valence-corrected chi connectivity index (χ2v) is 4.36. The summed E-state index contributed by atoms with van der Waals surface area (Å²) in [5.74, 6) is -0.0923. The summed E-state index contributed by atoms with van der Waals surface area (Å²) in [5.41, 5.74) is 2.00. The Morgan fingerprint density at radius 3 is 2.80 bits per heavy atom. The first-order chi connectivity index (χ1) is 7.08. The topological polar surface area (TPSA) is 29.1 Å². The van der Waals surface area contributed by atoms with Crippen molar-refractivity contribution in [3.63, 3.8) is 0 Å². The van der Waals surface area contributed by atoms with E-state index in [9.17, 15) is 13.6 Å². The zero-order valence-electron chi connectivity index (χ0n) is 7.64. The molecule has 1 aliphatic rings. The highest BCUT2D eigenvalue weighted by atomic mass is 79.9. The summed E-state index contributed by atoms with van der Waals surface area (Å²) in [6, 6.07) is 4.89. The van der Waals surface area contributed by atoms with Gasteiger partial charge in [-0.25, -0.2) is 8.78 Å². The van der Waals surface area contributed by atoms with Crippen molar-refractivity contribution in [1.29, 1.82) is 0 Å². The van der Waals surface area contributed by atoms with Crippen LogP contribution in [-0.4, -0.2) is 12.3 Å². The molecule has 15 heavy (non-hydrogen) atoms. The van der Waals surface area contributed by atoms with Gasteiger partial charge in [0, 0.05) is 5.69 Å². The van der Waals surface area contributed by atoms with Crippen LogP contribution in [0, 0.1) is 0 Å². The third kappa shape index (κ3) is 2.02. The van der Waals surface area contributed by atoms with E-state index in [2.05, 4.69) is 21.2 Å². The number of rotatable bonds is 2. The van der Waals surface area contributed by atoms with Crippen LogP contribution in [0.15, 0.2) is 18.2 Å². The van der Waals surface area contributed by atoms with Gasteiger partial charge in [-0.3, -0.25) is 4.79 Å². The fourth-order valence-electron chi connectivity index (χ4n) is 1.57. The van der Waals surface area contributed by atoms with Crippen LogP contribution in [0.5, 0.6) is 0 Å². The number of hydrogen-bond acceptors (Lipinski definition) is 1. The van der Waals surface area contributed by atoms with E-state index in [-0.39, 0.29) is 12.3 Å². The molecule has 1 aliphatic heterocycles. The molecule has 1 N–H and O–H groups in total. The number of nitrogens with one attached hydrogen (secondary N) is 1. The molecule has 0 aliphatic carbocycles. The normalized spacial score (nSPS) is 16.4. The summed E-state index contributed by atoms with van der Waals surface area (Å²) in [5, 5.41) is 2.65. The molecule has 1 atom stereocenters. The first kappa shape index (κ1) is 10.5. The highest BCUT2D eigenvalue weighted by molar-refractivity contribution is 9.09. The van der Waals surface area contributed by atoms with Gasteiger partial charge in [-0.1, -0.05) is 28.1 Å². The predicted molar refractivity (Wildman–Crippen MR) is 56.4 cm³/mol. The zero-order chi connectivity index (χ0) is 11.0. The van der Waals surface area contributed by atoms with Gasteiger partial charge in [0.15, 0.2) is 0 Å². The zero-order valence-corrected chi connectivity index (χ0v) is 9.22. The van der Waals surface area contributed by atoms with Crippen molar-refractivity contribution in [2.75, 3.05) is 5.32 Å². The monoisotopic (exact) mass is 275 g/mol. The quantitative estimate of drug-likeness (QED) is 0.827. The van der Waals surface area contributed by atoms with Crippen molar-refractivity contribution in [3.8, 4) is 0 Å². The Morgan fingerprint density at radius 2 is 2.13 bits per heavy atom. The molecular formula is C10H8BrF2NO. The highest BCUT2D eigenvalue weighted by Gasteiger charge is 2.23. The van der Waals surface area contributed by atoms with Gasteiger partial charge in [0.1, 0.15) is 4.83 Å². The van der Waals surface area contributed by atoms with Crippen molar-refractivity contribution in [2.45, 2.75) is 17.7 Å². The number of carbonyl (C=O) groups excluding carboxylic acids is 1. The number of hydrogen-bond donors (Lipinski definition) is 1. The van der Waals surface area contributed by atoms with E-state index in [1.54, 1.807) is 18.2 Å². The van der Waals surface area contributed by atoms with Crippen LogP contribution in [0.3, 0.4) is 0 Å². The van der Waals surface area contributed by atoms with Gasteiger partial charge in [-0.15, -0.1) is 0 Å². The SMILES string of the molecule is O=C1Cc2cc(C(Br)C(F)F)ccc2N1. The van der Waals surface area contributed by atoms with E-state index in [1.165, 1.54) is 0 Å². The molecule has 5 heteroatoms. The smallest absolute Gasteiger partial charge is 0.255 e. The fourth-order valence-corrected chi connectivity index (χ4v) is 1.85. The summed E-state index contributed by atoms with van der Waals surface area (Å²) in [6.45, 7) is 0. The molecule has 2 nitrogen and oxygen atoms in total. The number of anilines is 1. The number of benzene rings is 1. The van der Waals surface area contributed by atoms with Crippen LogP contribution in [0.4, 0.5) is 14.5 Å². The first-order valence-electron chi connectivity index (χ1n) is 4.43. The van der Waals surface area contributed by atoms with Gasteiger partial charge in [0.05, 0.1) is 6.42 Å². The molecule has 0 saturated heterocycles. The minimum atomic E-state index is -2.45. The van der Waals surface area contributed by atoms with Crippen LogP contribution in [0.25, 0.3) is 0 Å². The molecule has 1 aromatic rings. The average Bonchev–Trinajstić information content (AvgIpc) is 2.55. The second kappa shape index (κ2) is 3.89. The predicted octanol–water partition coefficient (Wildman–Crippen LogP) is 2.88. The maximum Gasteiger partial charge on any atom is 0.255 e. The molecule has 2 rings (SSSR count). The molecule has 1 heterocycles. The van der Waals surface area contributed by atoms with Gasteiger partial charge in [-0.2, -0.15) is 0 Å². The minimum absolute atomic E-state index is 0.0923. The number of amides is 1. The molecule has 0 saturated carbocycles. The van der Waals surface area contributed by atoms with Crippen LogP contribution < -0.4 is 5.32 Å². The lowest BCUT2D eigenvalue weighted by Crippen LogP contribution is -2.03. The minimum Gasteiger partial charge on any atom is -0.326 e. The van der Waals surface area contributed by atoms with Gasteiger partial charge >= 0.3 is 0 Å². The van der Waals surface area contributed by atoms with E-state index in [0.717, 1.165) is 11.3 Å². The molecule has 0 bridgehead atoms. The average molecular weight is 276 g/mol. The van der Waals surface area contributed by atoms with Crippen molar-refractivity contribution in [2.24, 2.45) is 0 Å². The Labute approximate surface area is 93.8 Å². The number of halogens is 3. The number of alkyl halides is 3. The summed E-state index contributed by atoms with van der Waals surface area (Å²) in [4.78, 5) is 10.1. The molecule has 1 unspecified atom stereocenters. The third-order valence-electron chi connectivity index (χ3n) is 2.29. The summed E-state index contributed by atoms with van der Waals surface area (Å²) in [7, 11) is 0. The van der Waals surface area contributed by atoms with Crippen LogP contribution in [-0.2, 0) is 11.2 Å². The van der Waals surface area contributed by atoms with Crippen molar-refractivity contribution >= 4 is 27.5 Å². The molecule has 0 fully saturated rings. The van der Waals surface area contributed by atoms with Gasteiger partial charge in [0.2, 0.25) is 5.91 Å². The van der Waals surface area contributed by atoms with Crippen molar-refractivity contribution in [1.82, 2.24) is 0 Å². The van der Waals surface area contributed by atoms with Gasteiger partial charge in [-0.05, 0) is 17.2 Å². The molecular weight excluding hydrogens is 268 g/mol. The first-order valence-corrected chi connectivity index (χ1v) is 5.34. The number of fused-ring (bicyclic) bond motifs is 1. The van der Waals surface area contributed by atoms with E-state index in [1.807, 2.05) is 0 Å². The van der Waals surface area contributed by atoms with Crippen molar-refractivity contribution in [3.05, 3.63) is 29.3 Å². The van der Waals surface area contributed by atoms with E-state index >= 15 is 0 Å². The Hall–Kier alpha value is -0.970. The third-order valence-corrected chi connectivity index (χ3v) is 3.22. The highest BCUT2D eigenvalue weighted by Crippen LogP contribution is 2.33. The van der Waals surface area contributed by atoms with E-state index < -0.39 is 11.3 Å². The van der Waals surface area contributed by atoms with Crippen LogP contribution in [0.2, 0.25) is 0 Å². The summed E-state index contributed by atoms with van der Waals surface area (Å²) >= 11 is 2.92. The lowest BCUT2D eigenvalue weighted by molar-refractivity contribution is -0.115. The molecule has 1 aromatic carbocycles. The molecule has 1 amide bonds. The Balaban J connectivity index is 2.31. The standard InChI is InChI=1S/C10H8BrF2NO/c11-9(10(12)13)5-1-2-7-6(3-5)4-8(15)14-7/h1-3,9-10H,4H2,(H,14,15).